The van der Waals surface area contributed by atoms with E-state index in [1.165, 1.54) is 34.4 Å². The third-order valence-electron chi connectivity index (χ3n) is 4.45. The number of anilines is 1. The summed E-state index contributed by atoms with van der Waals surface area (Å²) in [6.45, 7) is 2.08. The summed E-state index contributed by atoms with van der Waals surface area (Å²) in [5.41, 5.74) is 5.83. The van der Waals surface area contributed by atoms with Crippen LogP contribution in [0, 0.1) is 6.92 Å². The average Bonchev–Trinajstić information content (AvgIpc) is 2.46. The highest BCUT2D eigenvalue weighted by atomic mass is 16.1. The zero-order valence-electron chi connectivity index (χ0n) is 11.8. The molecule has 0 saturated heterocycles. The molecule has 102 valence electrons. The zero-order chi connectivity index (χ0) is 13.9. The Kier molecular flexibility index (Phi) is 2.31. The highest BCUT2D eigenvalue weighted by Crippen LogP contribution is 2.42. The number of hydrogen-bond donors (Lipinski definition) is 1. The molecule has 1 aromatic carbocycles. The summed E-state index contributed by atoms with van der Waals surface area (Å²) in [4.78, 5) is 12.3. The van der Waals surface area contributed by atoms with Gasteiger partial charge in [0.25, 0.3) is 5.56 Å². The lowest BCUT2D eigenvalue weighted by molar-refractivity contribution is 0.686. The van der Waals surface area contributed by atoms with Gasteiger partial charge in [-0.15, -0.1) is 0 Å². The molecule has 0 bridgehead atoms. The van der Waals surface area contributed by atoms with E-state index >= 15 is 0 Å². The normalized spacial score (nSPS) is 17.1. The van der Waals surface area contributed by atoms with E-state index in [1.54, 1.807) is 7.05 Å². The van der Waals surface area contributed by atoms with Gasteiger partial charge in [0.15, 0.2) is 0 Å². The van der Waals surface area contributed by atoms with Crippen LogP contribution in [0.2, 0.25) is 0 Å². The molecule has 0 spiro atoms. The van der Waals surface area contributed by atoms with Crippen molar-refractivity contribution in [2.24, 2.45) is 7.05 Å². The number of aryl methyl sites for hydroxylation is 2. The Balaban J connectivity index is 2.18. The Morgan fingerprint density at radius 3 is 2.90 bits per heavy atom. The fraction of sp³-hybridized carbons (Fsp3) is 0.375. The van der Waals surface area contributed by atoms with E-state index in [0.717, 1.165) is 35.0 Å². The van der Waals surface area contributed by atoms with Crippen LogP contribution in [0.5, 0.6) is 0 Å². The molecule has 0 amide bonds. The summed E-state index contributed by atoms with van der Waals surface area (Å²) < 4.78 is 1.47. The van der Waals surface area contributed by atoms with Crippen molar-refractivity contribution in [1.29, 1.82) is 0 Å². The van der Waals surface area contributed by atoms with Crippen LogP contribution in [-0.4, -0.2) is 9.78 Å². The summed E-state index contributed by atoms with van der Waals surface area (Å²) in [5, 5.41) is 9.91. The topological polar surface area (TPSA) is 46.9 Å². The molecule has 1 aliphatic carbocycles. The molecule has 20 heavy (non-hydrogen) atoms. The molecule has 1 N–H and O–H groups in total. The lowest BCUT2D eigenvalue weighted by Crippen LogP contribution is -2.25. The quantitative estimate of drug-likeness (QED) is 0.798. The summed E-state index contributed by atoms with van der Waals surface area (Å²) in [7, 11) is 1.74. The van der Waals surface area contributed by atoms with Crippen LogP contribution in [0.4, 0.5) is 5.69 Å². The maximum atomic E-state index is 12.3. The minimum atomic E-state index is -0.0216. The number of aromatic nitrogens is 2. The lowest BCUT2D eigenvalue weighted by atomic mass is 9.88. The van der Waals surface area contributed by atoms with Crippen LogP contribution in [0.3, 0.4) is 0 Å². The SMILES string of the molecule is Cc1ccc2c(=O)n(C)nc3c2c1NC1=C3CCCC1. The number of hydrogen-bond acceptors (Lipinski definition) is 3. The molecule has 4 heteroatoms. The summed E-state index contributed by atoms with van der Waals surface area (Å²) in [6.07, 6.45) is 4.56. The first-order valence-electron chi connectivity index (χ1n) is 7.17. The molecular formula is C16H17N3O. The van der Waals surface area contributed by atoms with Crippen molar-refractivity contribution in [2.75, 3.05) is 5.32 Å². The van der Waals surface area contributed by atoms with E-state index in [-0.39, 0.29) is 5.56 Å². The van der Waals surface area contributed by atoms with Crippen molar-refractivity contribution < 1.29 is 0 Å². The molecule has 0 unspecified atom stereocenters. The molecule has 0 saturated carbocycles. The third-order valence-corrected chi connectivity index (χ3v) is 4.45. The maximum Gasteiger partial charge on any atom is 0.274 e. The van der Waals surface area contributed by atoms with Gasteiger partial charge in [-0.05, 0) is 49.8 Å². The van der Waals surface area contributed by atoms with Crippen molar-refractivity contribution in [3.63, 3.8) is 0 Å². The van der Waals surface area contributed by atoms with Crippen LogP contribution >= 0.6 is 0 Å². The van der Waals surface area contributed by atoms with Gasteiger partial charge < -0.3 is 5.32 Å². The van der Waals surface area contributed by atoms with Gasteiger partial charge in [0, 0.05) is 18.1 Å². The Hall–Kier alpha value is -2.10. The second-order valence-corrected chi connectivity index (χ2v) is 5.75. The molecule has 0 atom stereocenters. The van der Waals surface area contributed by atoms with Gasteiger partial charge in [-0.3, -0.25) is 4.79 Å². The third kappa shape index (κ3) is 1.42. The van der Waals surface area contributed by atoms with Gasteiger partial charge in [-0.1, -0.05) is 6.07 Å². The van der Waals surface area contributed by atoms with E-state index < -0.39 is 0 Å². The van der Waals surface area contributed by atoms with E-state index in [1.807, 2.05) is 12.1 Å². The largest absolute Gasteiger partial charge is 0.358 e. The first-order chi connectivity index (χ1) is 9.66. The van der Waals surface area contributed by atoms with Crippen molar-refractivity contribution in [2.45, 2.75) is 32.6 Å². The summed E-state index contributed by atoms with van der Waals surface area (Å²) in [5.74, 6) is 0. The minimum absolute atomic E-state index is 0.0216. The van der Waals surface area contributed by atoms with E-state index in [4.69, 9.17) is 0 Å². The Bertz CT molecular complexity index is 830. The van der Waals surface area contributed by atoms with Crippen LogP contribution in [0.25, 0.3) is 16.3 Å². The van der Waals surface area contributed by atoms with Crippen LogP contribution in [0.15, 0.2) is 22.6 Å². The average molecular weight is 267 g/mol. The number of benzene rings is 1. The van der Waals surface area contributed by atoms with Gasteiger partial charge in [0.1, 0.15) is 0 Å². The fourth-order valence-electron chi connectivity index (χ4n) is 3.38. The highest BCUT2D eigenvalue weighted by Gasteiger charge is 2.26. The molecule has 4 nitrogen and oxygen atoms in total. The molecule has 0 radical (unpaired) electrons. The van der Waals surface area contributed by atoms with Gasteiger partial charge >= 0.3 is 0 Å². The predicted octanol–water partition coefficient (Wildman–Crippen LogP) is 2.95. The molecule has 2 aromatic rings. The molecule has 1 aliphatic heterocycles. The number of nitrogens with one attached hydrogen (secondary N) is 1. The molecular weight excluding hydrogens is 250 g/mol. The highest BCUT2D eigenvalue weighted by molar-refractivity contribution is 6.05. The Labute approximate surface area is 117 Å². The summed E-state index contributed by atoms with van der Waals surface area (Å²) >= 11 is 0. The maximum absolute atomic E-state index is 12.3. The van der Waals surface area contributed by atoms with Crippen molar-refractivity contribution in [1.82, 2.24) is 9.78 Å². The number of rotatable bonds is 0. The summed E-state index contributed by atoms with van der Waals surface area (Å²) in [6, 6.07) is 3.95. The van der Waals surface area contributed by atoms with Crippen LogP contribution in [0.1, 0.15) is 36.9 Å². The number of fused-ring (bicyclic) bond motifs is 1. The van der Waals surface area contributed by atoms with Crippen molar-refractivity contribution >= 4 is 22.0 Å². The standard InChI is InChI=1S/C16H17N3O/c1-9-7-8-11-13-14(9)17-12-6-4-3-5-10(12)15(13)18-19(2)16(11)20/h7-8,17H,3-6H2,1-2H3. The smallest absolute Gasteiger partial charge is 0.274 e. The second-order valence-electron chi connectivity index (χ2n) is 5.75. The molecule has 2 aliphatic rings. The van der Waals surface area contributed by atoms with Crippen LogP contribution in [-0.2, 0) is 7.05 Å². The first kappa shape index (κ1) is 11.7. The van der Waals surface area contributed by atoms with Crippen LogP contribution < -0.4 is 10.9 Å². The Morgan fingerprint density at radius 1 is 1.25 bits per heavy atom. The van der Waals surface area contributed by atoms with Gasteiger partial charge in [0.05, 0.1) is 16.8 Å². The molecule has 4 rings (SSSR count). The van der Waals surface area contributed by atoms with Gasteiger partial charge in [-0.2, -0.15) is 5.10 Å². The number of allylic oxidation sites excluding steroid dienone is 2. The van der Waals surface area contributed by atoms with Gasteiger partial charge in [0.2, 0.25) is 0 Å². The zero-order valence-corrected chi connectivity index (χ0v) is 11.8. The molecule has 1 aromatic heterocycles. The monoisotopic (exact) mass is 267 g/mol. The molecule has 0 fully saturated rings. The van der Waals surface area contributed by atoms with E-state index in [0.29, 0.717) is 0 Å². The Morgan fingerprint density at radius 2 is 2.05 bits per heavy atom. The van der Waals surface area contributed by atoms with Crippen molar-refractivity contribution in [3.8, 4) is 0 Å². The van der Waals surface area contributed by atoms with E-state index in [9.17, 15) is 4.79 Å². The van der Waals surface area contributed by atoms with Crippen molar-refractivity contribution in [3.05, 3.63) is 39.4 Å². The number of nitrogens with zero attached hydrogens (tertiary/aromatic N) is 2. The van der Waals surface area contributed by atoms with E-state index in [2.05, 4.69) is 17.3 Å². The van der Waals surface area contributed by atoms with Gasteiger partial charge in [-0.25, -0.2) is 4.68 Å². The lowest BCUT2D eigenvalue weighted by Gasteiger charge is -2.29. The fourth-order valence-corrected chi connectivity index (χ4v) is 3.38. The predicted molar refractivity (Wildman–Crippen MR) is 80.7 cm³/mol. The second kappa shape index (κ2) is 3.95. The minimum Gasteiger partial charge on any atom is -0.358 e. The molecule has 2 heterocycles. The first-order valence-corrected chi connectivity index (χ1v) is 7.17.